The van der Waals surface area contributed by atoms with Gasteiger partial charge in [0.25, 0.3) is 5.91 Å². The first-order valence-corrected chi connectivity index (χ1v) is 9.37. The van der Waals surface area contributed by atoms with Crippen LogP contribution in [0.3, 0.4) is 0 Å². The van der Waals surface area contributed by atoms with E-state index in [9.17, 15) is 14.7 Å². The third-order valence-corrected chi connectivity index (χ3v) is 6.57. The van der Waals surface area contributed by atoms with Gasteiger partial charge in [-0.05, 0) is 30.9 Å². The Morgan fingerprint density at radius 2 is 1.96 bits per heavy atom. The number of carboxylic acid groups (broad SMARTS) is 1. The minimum Gasteiger partial charge on any atom is -0.481 e. The molecule has 134 valence electrons. The van der Waals surface area contributed by atoms with Crippen LogP contribution in [0.15, 0.2) is 24.3 Å². The van der Waals surface area contributed by atoms with Crippen LogP contribution in [0.1, 0.15) is 29.6 Å². The van der Waals surface area contributed by atoms with E-state index in [1.54, 1.807) is 29.2 Å². The summed E-state index contributed by atoms with van der Waals surface area (Å²) in [5, 5.41) is 10.3. The molecule has 4 rings (SSSR count). The summed E-state index contributed by atoms with van der Waals surface area (Å²) in [7, 11) is 0. The van der Waals surface area contributed by atoms with Crippen LogP contribution in [-0.2, 0) is 4.79 Å². The van der Waals surface area contributed by atoms with Crippen molar-refractivity contribution in [1.29, 1.82) is 0 Å². The van der Waals surface area contributed by atoms with E-state index in [2.05, 4.69) is 4.90 Å². The predicted octanol–water partition coefficient (Wildman–Crippen LogP) is 2.60. The Labute approximate surface area is 152 Å². The van der Waals surface area contributed by atoms with E-state index in [0.717, 1.165) is 19.0 Å². The second kappa shape index (κ2) is 6.29. The van der Waals surface area contributed by atoms with Crippen molar-refractivity contribution < 1.29 is 14.7 Å². The lowest BCUT2D eigenvalue weighted by atomic mass is 9.81. The van der Waals surface area contributed by atoms with Gasteiger partial charge >= 0.3 is 5.97 Å². The summed E-state index contributed by atoms with van der Waals surface area (Å²) in [5.74, 6) is -0.212. The summed E-state index contributed by atoms with van der Waals surface area (Å²) in [6.45, 7) is 3.10. The zero-order valence-corrected chi connectivity index (χ0v) is 14.9. The average molecular weight is 363 g/mol. The van der Waals surface area contributed by atoms with Crippen molar-refractivity contribution in [2.45, 2.75) is 19.3 Å². The topological polar surface area (TPSA) is 60.9 Å². The molecule has 6 heteroatoms. The summed E-state index contributed by atoms with van der Waals surface area (Å²) in [4.78, 5) is 28.9. The van der Waals surface area contributed by atoms with Crippen LogP contribution in [-0.4, -0.2) is 59.5 Å². The Bertz CT molecular complexity index is 706. The molecule has 1 aromatic carbocycles. The quantitative estimate of drug-likeness (QED) is 0.894. The van der Waals surface area contributed by atoms with Crippen LogP contribution in [0.5, 0.6) is 0 Å². The first kappa shape index (κ1) is 16.9. The van der Waals surface area contributed by atoms with Gasteiger partial charge in [0, 0.05) is 38.6 Å². The number of halogens is 1. The SMILES string of the molecule is O=C(c1ccccc1Cl)N1C[C@H]2CN(CC3CCC3)C[C@@]2(C(=O)O)C1. The van der Waals surface area contributed by atoms with Crippen LogP contribution in [0, 0.1) is 17.3 Å². The summed E-state index contributed by atoms with van der Waals surface area (Å²) < 4.78 is 0. The number of hydrogen-bond donors (Lipinski definition) is 1. The van der Waals surface area contributed by atoms with Gasteiger partial charge in [-0.1, -0.05) is 30.2 Å². The third kappa shape index (κ3) is 2.83. The van der Waals surface area contributed by atoms with Gasteiger partial charge in [0.1, 0.15) is 5.41 Å². The maximum Gasteiger partial charge on any atom is 0.313 e. The molecular formula is C19H23ClN2O3. The summed E-state index contributed by atoms with van der Waals surface area (Å²) in [6, 6.07) is 6.96. The van der Waals surface area contributed by atoms with Crippen molar-refractivity contribution in [2.24, 2.45) is 17.3 Å². The summed E-state index contributed by atoms with van der Waals surface area (Å²) >= 11 is 6.15. The van der Waals surface area contributed by atoms with Gasteiger partial charge in [-0.3, -0.25) is 9.59 Å². The first-order valence-electron chi connectivity index (χ1n) is 8.99. The summed E-state index contributed by atoms with van der Waals surface area (Å²) in [5.41, 5.74) is -0.378. The fourth-order valence-electron chi connectivity index (χ4n) is 4.61. The van der Waals surface area contributed by atoms with E-state index in [4.69, 9.17) is 11.6 Å². The Balaban J connectivity index is 1.50. The van der Waals surface area contributed by atoms with Gasteiger partial charge in [0.2, 0.25) is 0 Å². The van der Waals surface area contributed by atoms with Gasteiger partial charge in [-0.15, -0.1) is 0 Å². The molecule has 1 saturated carbocycles. The molecule has 0 spiro atoms. The molecule has 0 bridgehead atoms. The molecule has 0 radical (unpaired) electrons. The number of aliphatic carboxylic acids is 1. The van der Waals surface area contributed by atoms with Crippen LogP contribution < -0.4 is 0 Å². The molecule has 2 heterocycles. The van der Waals surface area contributed by atoms with E-state index in [1.807, 2.05) is 0 Å². The smallest absolute Gasteiger partial charge is 0.313 e. The minimum atomic E-state index is -0.833. The lowest BCUT2D eigenvalue weighted by Gasteiger charge is -2.31. The van der Waals surface area contributed by atoms with Crippen molar-refractivity contribution in [1.82, 2.24) is 9.80 Å². The molecule has 1 aromatic rings. The van der Waals surface area contributed by atoms with Crippen LogP contribution in [0.25, 0.3) is 0 Å². The Hall–Kier alpha value is -1.59. The largest absolute Gasteiger partial charge is 0.481 e. The number of likely N-dealkylation sites (tertiary alicyclic amines) is 2. The van der Waals surface area contributed by atoms with Crippen molar-refractivity contribution in [3.63, 3.8) is 0 Å². The molecule has 1 aliphatic carbocycles. The van der Waals surface area contributed by atoms with Crippen LogP contribution in [0.2, 0.25) is 5.02 Å². The third-order valence-electron chi connectivity index (χ3n) is 6.24. The number of carbonyl (C=O) groups excluding carboxylic acids is 1. The number of hydrogen-bond acceptors (Lipinski definition) is 3. The molecular weight excluding hydrogens is 340 g/mol. The van der Waals surface area contributed by atoms with Crippen LogP contribution in [0.4, 0.5) is 0 Å². The molecule has 3 fully saturated rings. The van der Waals surface area contributed by atoms with Gasteiger partial charge < -0.3 is 14.9 Å². The number of nitrogens with zero attached hydrogens (tertiary/aromatic N) is 2. The zero-order valence-electron chi connectivity index (χ0n) is 14.2. The molecule has 2 saturated heterocycles. The molecule has 5 nitrogen and oxygen atoms in total. The molecule has 0 unspecified atom stereocenters. The second-order valence-corrected chi connectivity index (χ2v) is 8.22. The second-order valence-electron chi connectivity index (χ2n) is 7.81. The standard InChI is InChI=1S/C19H23ClN2O3/c20-16-7-2-1-6-15(16)17(23)22-10-14-9-21(8-13-4-3-5-13)11-19(14,12-22)18(24)25/h1-2,6-7,13-14H,3-5,8-12H2,(H,24,25)/t14-,19-/m1/s1. The highest BCUT2D eigenvalue weighted by molar-refractivity contribution is 6.33. The fourth-order valence-corrected chi connectivity index (χ4v) is 4.83. The number of carboxylic acids is 1. The number of amides is 1. The highest BCUT2D eigenvalue weighted by Gasteiger charge is 2.58. The van der Waals surface area contributed by atoms with Crippen molar-refractivity contribution in [2.75, 3.05) is 32.7 Å². The molecule has 1 amide bonds. The van der Waals surface area contributed by atoms with E-state index < -0.39 is 11.4 Å². The highest BCUT2D eigenvalue weighted by atomic mass is 35.5. The van der Waals surface area contributed by atoms with E-state index in [-0.39, 0.29) is 18.4 Å². The fraction of sp³-hybridized carbons (Fsp3) is 0.579. The zero-order chi connectivity index (χ0) is 17.6. The number of carbonyl (C=O) groups is 2. The van der Waals surface area contributed by atoms with Crippen molar-refractivity contribution in [3.8, 4) is 0 Å². The van der Waals surface area contributed by atoms with Crippen molar-refractivity contribution in [3.05, 3.63) is 34.9 Å². The van der Waals surface area contributed by atoms with Crippen molar-refractivity contribution >= 4 is 23.5 Å². The highest BCUT2D eigenvalue weighted by Crippen LogP contribution is 2.44. The van der Waals surface area contributed by atoms with Gasteiger partial charge in [-0.25, -0.2) is 0 Å². The average Bonchev–Trinajstić information content (AvgIpc) is 3.05. The monoisotopic (exact) mass is 362 g/mol. The Morgan fingerprint density at radius 3 is 2.56 bits per heavy atom. The molecule has 3 aliphatic rings. The summed E-state index contributed by atoms with van der Waals surface area (Å²) in [6.07, 6.45) is 3.82. The van der Waals surface area contributed by atoms with E-state index >= 15 is 0 Å². The predicted molar refractivity (Wildman–Crippen MR) is 94.7 cm³/mol. The van der Waals surface area contributed by atoms with Gasteiger partial charge in [0.05, 0.1) is 10.6 Å². The maximum atomic E-state index is 12.8. The normalized spacial score (nSPS) is 29.5. The van der Waals surface area contributed by atoms with Gasteiger partial charge in [-0.2, -0.15) is 0 Å². The maximum absolute atomic E-state index is 12.8. The Kier molecular flexibility index (Phi) is 4.24. The number of fused-ring (bicyclic) bond motifs is 1. The molecule has 0 aromatic heterocycles. The van der Waals surface area contributed by atoms with Gasteiger partial charge in [0.15, 0.2) is 0 Å². The first-order chi connectivity index (χ1) is 12.0. The lowest BCUT2D eigenvalue weighted by Crippen LogP contribution is -2.43. The minimum absolute atomic E-state index is 0.00323. The van der Waals surface area contributed by atoms with Crippen LogP contribution >= 0.6 is 11.6 Å². The van der Waals surface area contributed by atoms with E-state index in [1.165, 1.54) is 19.3 Å². The number of benzene rings is 1. The van der Waals surface area contributed by atoms with E-state index in [0.29, 0.717) is 23.7 Å². The molecule has 25 heavy (non-hydrogen) atoms. The molecule has 2 atom stereocenters. The molecule has 2 aliphatic heterocycles. The molecule has 1 N–H and O–H groups in total. The number of rotatable bonds is 4. The Morgan fingerprint density at radius 1 is 1.20 bits per heavy atom. The lowest BCUT2D eigenvalue weighted by molar-refractivity contribution is -0.148.